The predicted molar refractivity (Wildman–Crippen MR) is 44.3 cm³/mol. The van der Waals surface area contributed by atoms with Gasteiger partial charge in [0.15, 0.2) is 0 Å². The second kappa shape index (κ2) is 3.98. The van der Waals surface area contributed by atoms with Crippen LogP contribution < -0.4 is 0 Å². The first-order valence-electron chi connectivity index (χ1n) is 3.72. The van der Waals surface area contributed by atoms with E-state index in [1.165, 1.54) is 0 Å². The summed E-state index contributed by atoms with van der Waals surface area (Å²) in [5.74, 6) is 0.365. The van der Waals surface area contributed by atoms with Crippen LogP contribution in [0.25, 0.3) is 0 Å². The van der Waals surface area contributed by atoms with E-state index in [2.05, 4.69) is 0 Å². The van der Waals surface area contributed by atoms with Crippen LogP contribution in [-0.2, 0) is 0 Å². The number of hydrogen-bond donors (Lipinski definition) is 2. The van der Waals surface area contributed by atoms with Crippen LogP contribution in [0.3, 0.4) is 0 Å². The van der Waals surface area contributed by atoms with Crippen LogP contribution in [0.15, 0.2) is 35.6 Å². The van der Waals surface area contributed by atoms with Crippen LogP contribution in [-0.4, -0.2) is 16.8 Å². The van der Waals surface area contributed by atoms with Crippen molar-refractivity contribution in [2.24, 2.45) is 0 Å². The van der Waals surface area contributed by atoms with Gasteiger partial charge < -0.3 is 10.2 Å². The second-order valence-electron chi connectivity index (χ2n) is 2.45. The van der Waals surface area contributed by atoms with E-state index in [0.29, 0.717) is 18.6 Å². The Bertz CT molecular complexity index is 198. The van der Waals surface area contributed by atoms with Gasteiger partial charge in [-0.2, -0.15) is 0 Å². The summed E-state index contributed by atoms with van der Waals surface area (Å²) in [6, 6.07) is 0. The van der Waals surface area contributed by atoms with Crippen LogP contribution in [0.2, 0.25) is 0 Å². The fraction of sp³-hybridized carbons (Fsp3) is 0.333. The topological polar surface area (TPSA) is 40.5 Å². The SMILES string of the molecule is OCCCC(O)=C1C=CC=C1. The van der Waals surface area contributed by atoms with Crippen molar-refractivity contribution in [1.82, 2.24) is 0 Å². The third-order valence-corrected chi connectivity index (χ3v) is 1.57. The average molecular weight is 152 g/mol. The van der Waals surface area contributed by atoms with Crippen molar-refractivity contribution >= 4 is 0 Å². The van der Waals surface area contributed by atoms with Gasteiger partial charge in [-0.1, -0.05) is 24.3 Å². The molecule has 2 heteroatoms. The molecule has 2 N–H and O–H groups in total. The van der Waals surface area contributed by atoms with Gasteiger partial charge in [0.25, 0.3) is 0 Å². The van der Waals surface area contributed by atoms with Gasteiger partial charge in [0.2, 0.25) is 0 Å². The lowest BCUT2D eigenvalue weighted by Crippen LogP contribution is -1.89. The fourth-order valence-corrected chi connectivity index (χ4v) is 0.957. The van der Waals surface area contributed by atoms with E-state index in [4.69, 9.17) is 5.11 Å². The van der Waals surface area contributed by atoms with E-state index < -0.39 is 0 Å². The highest BCUT2D eigenvalue weighted by molar-refractivity contribution is 5.41. The highest BCUT2D eigenvalue weighted by atomic mass is 16.3. The van der Waals surface area contributed by atoms with E-state index in [9.17, 15) is 5.11 Å². The Kier molecular flexibility index (Phi) is 2.93. The van der Waals surface area contributed by atoms with E-state index in [0.717, 1.165) is 5.57 Å². The third-order valence-electron chi connectivity index (χ3n) is 1.57. The Morgan fingerprint density at radius 3 is 2.45 bits per heavy atom. The molecule has 0 saturated heterocycles. The molecule has 0 unspecified atom stereocenters. The molecule has 1 aliphatic carbocycles. The number of hydrogen-bond acceptors (Lipinski definition) is 2. The monoisotopic (exact) mass is 152 g/mol. The molecule has 2 nitrogen and oxygen atoms in total. The van der Waals surface area contributed by atoms with Crippen molar-refractivity contribution in [3.05, 3.63) is 35.6 Å². The number of aliphatic hydroxyl groups is 2. The Morgan fingerprint density at radius 2 is 1.91 bits per heavy atom. The van der Waals surface area contributed by atoms with Crippen molar-refractivity contribution in [3.63, 3.8) is 0 Å². The Balaban J connectivity index is 2.50. The molecule has 0 aromatic carbocycles. The van der Waals surface area contributed by atoms with Crippen LogP contribution in [0.5, 0.6) is 0 Å². The Labute approximate surface area is 66.2 Å². The molecule has 0 aromatic rings. The summed E-state index contributed by atoms with van der Waals surface area (Å²) in [4.78, 5) is 0. The van der Waals surface area contributed by atoms with Gasteiger partial charge in [0, 0.05) is 18.6 Å². The van der Waals surface area contributed by atoms with Gasteiger partial charge in [-0.3, -0.25) is 0 Å². The summed E-state index contributed by atoms with van der Waals surface area (Å²) in [7, 11) is 0. The van der Waals surface area contributed by atoms with E-state index >= 15 is 0 Å². The normalized spacial score (nSPS) is 14.5. The number of rotatable bonds is 3. The molecule has 1 aliphatic rings. The van der Waals surface area contributed by atoms with Crippen molar-refractivity contribution in [2.75, 3.05) is 6.61 Å². The lowest BCUT2D eigenvalue weighted by atomic mass is 10.2. The first-order chi connectivity index (χ1) is 5.34. The zero-order chi connectivity index (χ0) is 8.10. The molecule has 0 fully saturated rings. The fourth-order valence-electron chi connectivity index (χ4n) is 0.957. The molecule has 0 saturated carbocycles. The average Bonchev–Trinajstić information content (AvgIpc) is 2.52. The van der Waals surface area contributed by atoms with Crippen LogP contribution >= 0.6 is 0 Å². The van der Waals surface area contributed by atoms with Crippen LogP contribution in [0, 0.1) is 0 Å². The van der Waals surface area contributed by atoms with Crippen LogP contribution in [0.1, 0.15) is 12.8 Å². The number of aliphatic hydroxyl groups excluding tert-OH is 2. The van der Waals surface area contributed by atoms with Gasteiger partial charge in [0.05, 0.1) is 5.76 Å². The highest BCUT2D eigenvalue weighted by Gasteiger charge is 2.00. The highest BCUT2D eigenvalue weighted by Crippen LogP contribution is 2.14. The van der Waals surface area contributed by atoms with Gasteiger partial charge in [-0.05, 0) is 6.42 Å². The summed E-state index contributed by atoms with van der Waals surface area (Å²) < 4.78 is 0. The van der Waals surface area contributed by atoms with Crippen molar-refractivity contribution in [2.45, 2.75) is 12.8 Å². The van der Waals surface area contributed by atoms with E-state index in [1.54, 1.807) is 0 Å². The molecule has 1 rings (SSSR count). The largest absolute Gasteiger partial charge is 0.512 e. The minimum atomic E-state index is 0.130. The molecule has 0 atom stereocenters. The zero-order valence-electron chi connectivity index (χ0n) is 6.33. The quantitative estimate of drug-likeness (QED) is 0.604. The molecule has 60 valence electrons. The molecule has 0 spiro atoms. The molecule has 0 aromatic heterocycles. The lowest BCUT2D eigenvalue weighted by molar-refractivity contribution is 0.275. The van der Waals surface area contributed by atoms with Gasteiger partial charge in [0.1, 0.15) is 0 Å². The first kappa shape index (κ1) is 8.08. The molecule has 0 amide bonds. The van der Waals surface area contributed by atoms with Crippen molar-refractivity contribution < 1.29 is 10.2 Å². The Morgan fingerprint density at radius 1 is 1.27 bits per heavy atom. The van der Waals surface area contributed by atoms with Gasteiger partial charge >= 0.3 is 0 Å². The van der Waals surface area contributed by atoms with E-state index in [-0.39, 0.29) is 6.61 Å². The predicted octanol–water partition coefficient (Wildman–Crippen LogP) is 1.70. The van der Waals surface area contributed by atoms with Crippen LogP contribution in [0.4, 0.5) is 0 Å². The standard InChI is InChI=1S/C9H12O2/c10-7-3-6-9(11)8-4-1-2-5-8/h1-2,4-5,10-11H,3,6-7H2. The Hall–Kier alpha value is -1.02. The van der Waals surface area contributed by atoms with Gasteiger partial charge in [-0.25, -0.2) is 0 Å². The van der Waals surface area contributed by atoms with Crippen molar-refractivity contribution in [3.8, 4) is 0 Å². The number of allylic oxidation sites excluding steroid dienone is 6. The van der Waals surface area contributed by atoms with Gasteiger partial charge in [-0.15, -0.1) is 0 Å². The molecule has 0 heterocycles. The molecule has 0 bridgehead atoms. The second-order valence-corrected chi connectivity index (χ2v) is 2.45. The maximum absolute atomic E-state index is 9.35. The first-order valence-corrected chi connectivity index (χ1v) is 3.72. The van der Waals surface area contributed by atoms with E-state index in [1.807, 2.05) is 24.3 Å². The molecule has 0 radical (unpaired) electrons. The summed E-state index contributed by atoms with van der Waals surface area (Å²) >= 11 is 0. The summed E-state index contributed by atoms with van der Waals surface area (Å²) in [5, 5.41) is 17.8. The lowest BCUT2D eigenvalue weighted by Gasteiger charge is -1.99. The summed E-state index contributed by atoms with van der Waals surface area (Å²) in [5.41, 5.74) is 0.860. The minimum Gasteiger partial charge on any atom is -0.512 e. The molecule has 0 aliphatic heterocycles. The summed E-state index contributed by atoms with van der Waals surface area (Å²) in [6.45, 7) is 0.130. The molecular formula is C9H12O2. The van der Waals surface area contributed by atoms with Crippen molar-refractivity contribution in [1.29, 1.82) is 0 Å². The zero-order valence-corrected chi connectivity index (χ0v) is 6.33. The minimum absolute atomic E-state index is 0.130. The smallest absolute Gasteiger partial charge is 0.0995 e. The molecule has 11 heavy (non-hydrogen) atoms. The maximum Gasteiger partial charge on any atom is 0.0995 e. The molecular weight excluding hydrogens is 140 g/mol. The maximum atomic E-state index is 9.35. The summed E-state index contributed by atoms with van der Waals surface area (Å²) in [6.07, 6.45) is 8.64. The third kappa shape index (κ3) is 2.24.